The molecule has 1 N–H and O–H groups in total. The molecule has 106 valence electrons. The Morgan fingerprint density at radius 1 is 1.24 bits per heavy atom. The van der Waals surface area contributed by atoms with Crippen LogP contribution in [0.5, 0.6) is 0 Å². The Kier molecular flexibility index (Phi) is 3.92. The summed E-state index contributed by atoms with van der Waals surface area (Å²) in [5, 5.41) is 3.94. The van der Waals surface area contributed by atoms with E-state index in [4.69, 9.17) is 0 Å². The molecule has 0 aliphatic rings. The maximum Gasteiger partial charge on any atom is 0.252 e. The Labute approximate surface area is 126 Å². The van der Waals surface area contributed by atoms with Gasteiger partial charge in [-0.1, -0.05) is 12.1 Å². The number of thiazole rings is 1. The van der Waals surface area contributed by atoms with Crippen LogP contribution in [0.4, 0.5) is 0 Å². The van der Waals surface area contributed by atoms with Crippen molar-refractivity contribution in [1.29, 1.82) is 0 Å². The van der Waals surface area contributed by atoms with E-state index < -0.39 is 0 Å². The largest absolute Gasteiger partial charge is 0.352 e. The molecule has 0 unspecified atom stereocenters. The molecule has 3 rings (SSSR count). The van der Waals surface area contributed by atoms with Crippen LogP contribution in [0.15, 0.2) is 42.6 Å². The molecular weight excluding hydrogens is 282 g/mol. The molecular formula is C16H15N3OS. The lowest BCUT2D eigenvalue weighted by atomic mass is 10.2. The number of rotatable bonds is 4. The van der Waals surface area contributed by atoms with Gasteiger partial charge in [0.25, 0.3) is 5.91 Å². The summed E-state index contributed by atoms with van der Waals surface area (Å²) >= 11 is 1.67. The second-order valence-corrected chi connectivity index (χ2v) is 5.88. The van der Waals surface area contributed by atoms with E-state index in [0.29, 0.717) is 12.1 Å². The zero-order chi connectivity index (χ0) is 14.7. The molecule has 4 nitrogen and oxygen atoms in total. The average Bonchev–Trinajstić information content (AvgIpc) is 2.90. The van der Waals surface area contributed by atoms with E-state index in [1.165, 1.54) is 4.70 Å². The minimum Gasteiger partial charge on any atom is -0.352 e. The first-order valence-corrected chi connectivity index (χ1v) is 7.59. The van der Waals surface area contributed by atoms with Crippen molar-refractivity contribution < 1.29 is 4.79 Å². The lowest BCUT2D eigenvalue weighted by Crippen LogP contribution is -2.25. The number of aryl methyl sites for hydroxylation is 1. The van der Waals surface area contributed by atoms with Crippen LogP contribution in [0, 0.1) is 6.92 Å². The van der Waals surface area contributed by atoms with E-state index in [9.17, 15) is 4.79 Å². The number of para-hydroxylation sites is 1. The zero-order valence-electron chi connectivity index (χ0n) is 11.7. The van der Waals surface area contributed by atoms with E-state index in [1.807, 2.05) is 31.2 Å². The third-order valence-electron chi connectivity index (χ3n) is 3.14. The van der Waals surface area contributed by atoms with Crippen LogP contribution in [0.2, 0.25) is 0 Å². The minimum atomic E-state index is -0.0939. The first-order valence-electron chi connectivity index (χ1n) is 6.78. The number of carbonyl (C=O) groups is 1. The molecule has 21 heavy (non-hydrogen) atoms. The second kappa shape index (κ2) is 6.01. The van der Waals surface area contributed by atoms with Crippen LogP contribution in [0.3, 0.4) is 0 Å². The number of pyridine rings is 1. The number of aromatic nitrogens is 2. The molecule has 0 atom stereocenters. The highest BCUT2D eigenvalue weighted by atomic mass is 32.1. The summed E-state index contributed by atoms with van der Waals surface area (Å²) in [6.45, 7) is 2.47. The van der Waals surface area contributed by atoms with Crippen molar-refractivity contribution in [3.05, 3.63) is 58.9 Å². The molecule has 5 heteroatoms. The third kappa shape index (κ3) is 3.25. The van der Waals surface area contributed by atoms with Crippen molar-refractivity contribution in [2.24, 2.45) is 0 Å². The number of nitrogens with zero attached hydrogens (tertiary/aromatic N) is 2. The Bertz CT molecular complexity index is 732. The van der Waals surface area contributed by atoms with E-state index in [-0.39, 0.29) is 5.91 Å². The van der Waals surface area contributed by atoms with Crippen LogP contribution < -0.4 is 5.32 Å². The monoisotopic (exact) mass is 297 g/mol. The number of hydrogen-bond acceptors (Lipinski definition) is 4. The summed E-state index contributed by atoms with van der Waals surface area (Å²) in [4.78, 5) is 20.6. The molecule has 3 aromatic rings. The van der Waals surface area contributed by atoms with Crippen LogP contribution in [-0.2, 0) is 6.42 Å². The molecule has 0 aliphatic heterocycles. The smallest absolute Gasteiger partial charge is 0.252 e. The van der Waals surface area contributed by atoms with Gasteiger partial charge in [-0.05, 0) is 31.2 Å². The molecule has 0 bridgehead atoms. The topological polar surface area (TPSA) is 54.9 Å². The Morgan fingerprint density at radius 2 is 2.10 bits per heavy atom. The summed E-state index contributed by atoms with van der Waals surface area (Å²) in [6.07, 6.45) is 2.34. The maximum atomic E-state index is 12.0. The first-order chi connectivity index (χ1) is 10.2. The van der Waals surface area contributed by atoms with Gasteiger partial charge in [-0.15, -0.1) is 11.3 Å². The third-order valence-corrected chi connectivity index (χ3v) is 4.23. The van der Waals surface area contributed by atoms with Crippen LogP contribution >= 0.6 is 11.3 Å². The number of carbonyl (C=O) groups excluding carboxylic acids is 1. The van der Waals surface area contributed by atoms with Crippen molar-refractivity contribution in [3.8, 4) is 0 Å². The quantitative estimate of drug-likeness (QED) is 0.805. The molecule has 0 saturated carbocycles. The van der Waals surface area contributed by atoms with Crippen molar-refractivity contribution in [1.82, 2.24) is 15.3 Å². The van der Waals surface area contributed by atoms with Gasteiger partial charge in [0.2, 0.25) is 0 Å². The van der Waals surface area contributed by atoms with E-state index in [1.54, 1.807) is 23.6 Å². The highest BCUT2D eigenvalue weighted by Gasteiger charge is 2.07. The highest BCUT2D eigenvalue weighted by Crippen LogP contribution is 2.21. The maximum absolute atomic E-state index is 12.0. The molecule has 2 aromatic heterocycles. The number of nitrogens with one attached hydrogen (secondary N) is 1. The average molecular weight is 297 g/mol. The predicted octanol–water partition coefficient (Wildman–Crippen LogP) is 2.97. The van der Waals surface area contributed by atoms with Gasteiger partial charge in [-0.3, -0.25) is 9.78 Å². The van der Waals surface area contributed by atoms with Crippen LogP contribution in [-0.4, -0.2) is 22.4 Å². The van der Waals surface area contributed by atoms with Gasteiger partial charge in [0.05, 0.1) is 20.8 Å². The standard InChI is InChI=1S/C16H15N3OS/c1-11-6-7-12(10-18-11)16(20)17-9-8-15-19-13-4-2-3-5-14(13)21-15/h2-7,10H,8-9H2,1H3,(H,17,20). The zero-order valence-corrected chi connectivity index (χ0v) is 12.5. The van der Waals surface area contributed by atoms with Crippen LogP contribution in [0.25, 0.3) is 10.2 Å². The van der Waals surface area contributed by atoms with E-state index in [2.05, 4.69) is 21.4 Å². The fourth-order valence-electron chi connectivity index (χ4n) is 2.01. The van der Waals surface area contributed by atoms with Crippen LogP contribution in [0.1, 0.15) is 21.1 Å². The molecule has 0 spiro atoms. The van der Waals surface area contributed by atoms with Gasteiger partial charge in [0.1, 0.15) is 0 Å². The van der Waals surface area contributed by atoms with E-state index >= 15 is 0 Å². The minimum absolute atomic E-state index is 0.0939. The first kappa shape index (κ1) is 13.7. The number of amides is 1. The lowest BCUT2D eigenvalue weighted by Gasteiger charge is -2.03. The Balaban J connectivity index is 1.58. The number of benzene rings is 1. The highest BCUT2D eigenvalue weighted by molar-refractivity contribution is 7.18. The van der Waals surface area contributed by atoms with Crippen molar-refractivity contribution in [3.63, 3.8) is 0 Å². The summed E-state index contributed by atoms with van der Waals surface area (Å²) in [5.74, 6) is -0.0939. The number of fused-ring (bicyclic) bond motifs is 1. The summed E-state index contributed by atoms with van der Waals surface area (Å²) in [6, 6.07) is 11.7. The van der Waals surface area contributed by atoms with Gasteiger partial charge in [0, 0.05) is 24.9 Å². The molecule has 0 radical (unpaired) electrons. The van der Waals surface area contributed by atoms with Crippen molar-refractivity contribution in [2.45, 2.75) is 13.3 Å². The van der Waals surface area contributed by atoms with Crippen molar-refractivity contribution >= 4 is 27.5 Å². The molecule has 0 fully saturated rings. The summed E-state index contributed by atoms with van der Waals surface area (Å²) in [5.41, 5.74) is 2.51. The Hall–Kier alpha value is -2.27. The molecule has 2 heterocycles. The molecule has 0 aliphatic carbocycles. The fraction of sp³-hybridized carbons (Fsp3) is 0.188. The SMILES string of the molecule is Cc1ccc(C(=O)NCCc2nc3ccccc3s2)cn1. The predicted molar refractivity (Wildman–Crippen MR) is 84.6 cm³/mol. The Morgan fingerprint density at radius 3 is 2.86 bits per heavy atom. The van der Waals surface area contributed by atoms with Gasteiger partial charge in [-0.25, -0.2) is 4.98 Å². The number of hydrogen-bond donors (Lipinski definition) is 1. The van der Waals surface area contributed by atoms with Gasteiger partial charge < -0.3 is 5.32 Å². The van der Waals surface area contributed by atoms with Gasteiger partial charge in [-0.2, -0.15) is 0 Å². The van der Waals surface area contributed by atoms with Crippen molar-refractivity contribution in [2.75, 3.05) is 6.54 Å². The molecule has 1 aromatic carbocycles. The lowest BCUT2D eigenvalue weighted by molar-refractivity contribution is 0.0954. The van der Waals surface area contributed by atoms with E-state index in [0.717, 1.165) is 22.6 Å². The fourth-order valence-corrected chi connectivity index (χ4v) is 2.98. The molecule has 1 amide bonds. The molecule has 0 saturated heterocycles. The van der Waals surface area contributed by atoms with Gasteiger partial charge >= 0.3 is 0 Å². The normalized spacial score (nSPS) is 10.7. The van der Waals surface area contributed by atoms with Gasteiger partial charge in [0.15, 0.2) is 0 Å². The second-order valence-electron chi connectivity index (χ2n) is 4.77. The summed E-state index contributed by atoms with van der Waals surface area (Å²) in [7, 11) is 0. The summed E-state index contributed by atoms with van der Waals surface area (Å²) < 4.78 is 1.18.